The first-order valence-electron chi connectivity index (χ1n) is 14.4. The number of methoxy groups -OCH3 is 1. The Balaban J connectivity index is 1.14. The van der Waals surface area contributed by atoms with Gasteiger partial charge in [-0.2, -0.15) is 0 Å². The number of halogens is 2. The van der Waals surface area contributed by atoms with Crippen LogP contribution in [0.3, 0.4) is 0 Å². The van der Waals surface area contributed by atoms with Gasteiger partial charge in [0, 0.05) is 10.0 Å². The van der Waals surface area contributed by atoms with Gasteiger partial charge in [-0.05, 0) is 107 Å². The van der Waals surface area contributed by atoms with Crippen molar-refractivity contribution >= 4 is 63.5 Å². The SMILES string of the molecule is COc1cc(COc2ccc(/C=C3/SC(=Nc4ccc(Cl)cc4)N(c4ccc(Cl)cc4)C3=O)cc2)ccc1OCc1ccccc1. The van der Waals surface area contributed by atoms with Crippen molar-refractivity contribution < 1.29 is 19.0 Å². The van der Waals surface area contributed by atoms with E-state index in [-0.39, 0.29) is 5.91 Å². The summed E-state index contributed by atoms with van der Waals surface area (Å²) in [6.45, 7) is 0.806. The van der Waals surface area contributed by atoms with Crippen LogP contribution in [0.15, 0.2) is 131 Å². The number of thioether (sulfide) groups is 1. The van der Waals surface area contributed by atoms with Gasteiger partial charge in [-0.3, -0.25) is 9.69 Å². The molecule has 0 aliphatic carbocycles. The van der Waals surface area contributed by atoms with Crippen LogP contribution in [0, 0.1) is 0 Å². The fourth-order valence-electron chi connectivity index (χ4n) is 4.63. The summed E-state index contributed by atoms with van der Waals surface area (Å²) in [5.74, 6) is 1.83. The zero-order valence-corrected chi connectivity index (χ0v) is 27.1. The minimum absolute atomic E-state index is 0.175. The van der Waals surface area contributed by atoms with Gasteiger partial charge in [0.15, 0.2) is 16.7 Å². The molecule has 6 nitrogen and oxygen atoms in total. The Bertz CT molecular complexity index is 1880. The third-order valence-electron chi connectivity index (χ3n) is 6.99. The predicted molar refractivity (Wildman–Crippen MR) is 188 cm³/mol. The second-order valence-corrected chi connectivity index (χ2v) is 12.1. The van der Waals surface area contributed by atoms with E-state index in [4.69, 9.17) is 42.4 Å². The van der Waals surface area contributed by atoms with Crippen molar-refractivity contribution in [3.8, 4) is 17.2 Å². The third-order valence-corrected chi connectivity index (χ3v) is 8.46. The van der Waals surface area contributed by atoms with Crippen molar-refractivity contribution in [3.63, 3.8) is 0 Å². The summed E-state index contributed by atoms with van der Waals surface area (Å²) in [6, 6.07) is 37.6. The maximum absolute atomic E-state index is 13.6. The number of benzene rings is 5. The van der Waals surface area contributed by atoms with Gasteiger partial charge >= 0.3 is 0 Å². The van der Waals surface area contributed by atoms with Crippen LogP contribution in [0.2, 0.25) is 10.0 Å². The van der Waals surface area contributed by atoms with Crippen LogP contribution < -0.4 is 19.1 Å². The molecular weight excluding hydrogens is 639 g/mol. The number of amidine groups is 1. The van der Waals surface area contributed by atoms with Gasteiger partial charge in [0.05, 0.1) is 23.4 Å². The standard InChI is InChI=1S/C37H28Cl2N2O4S/c1-43-34-21-27(9-20-33(34)45-23-26-5-3-2-4-6-26)24-44-32-18-7-25(8-19-32)22-35-36(42)41(31-16-12-29(39)13-17-31)37(46-35)40-30-14-10-28(38)11-15-30/h2-22H,23-24H2,1H3/b35-22+,40-37?. The van der Waals surface area contributed by atoms with E-state index in [9.17, 15) is 4.79 Å². The first-order valence-corrected chi connectivity index (χ1v) is 15.9. The molecule has 1 saturated heterocycles. The van der Waals surface area contributed by atoms with E-state index in [2.05, 4.69) is 0 Å². The number of anilines is 1. The second-order valence-electron chi connectivity index (χ2n) is 10.2. The van der Waals surface area contributed by atoms with Crippen LogP contribution in [0.4, 0.5) is 11.4 Å². The minimum atomic E-state index is -0.175. The number of aliphatic imine (C=N–C) groups is 1. The van der Waals surface area contributed by atoms with Gasteiger partial charge in [0.2, 0.25) is 0 Å². The average Bonchev–Trinajstić information content (AvgIpc) is 3.38. The highest BCUT2D eigenvalue weighted by Gasteiger charge is 2.34. The number of carbonyl (C=O) groups is 1. The highest BCUT2D eigenvalue weighted by Crippen LogP contribution is 2.38. The monoisotopic (exact) mass is 666 g/mol. The number of nitrogens with zero attached hydrogens (tertiary/aromatic N) is 2. The Labute approximate surface area is 281 Å². The molecule has 1 aliphatic heterocycles. The molecule has 0 saturated carbocycles. The summed E-state index contributed by atoms with van der Waals surface area (Å²) in [5.41, 5.74) is 4.24. The van der Waals surface area contributed by atoms with Gasteiger partial charge < -0.3 is 14.2 Å². The average molecular weight is 668 g/mol. The van der Waals surface area contributed by atoms with Crippen molar-refractivity contribution in [2.24, 2.45) is 4.99 Å². The lowest BCUT2D eigenvalue weighted by Crippen LogP contribution is -2.28. The number of carbonyl (C=O) groups excluding carboxylic acids is 1. The predicted octanol–water partition coefficient (Wildman–Crippen LogP) is 9.97. The van der Waals surface area contributed by atoms with Crippen LogP contribution in [-0.4, -0.2) is 18.2 Å². The van der Waals surface area contributed by atoms with E-state index in [0.717, 1.165) is 16.7 Å². The van der Waals surface area contributed by atoms with E-state index in [0.29, 0.717) is 62.0 Å². The van der Waals surface area contributed by atoms with Crippen LogP contribution in [-0.2, 0) is 18.0 Å². The normalized spacial score (nSPS) is 14.6. The number of hydrogen-bond donors (Lipinski definition) is 0. The quantitative estimate of drug-likeness (QED) is 0.139. The Morgan fingerprint density at radius 3 is 2.11 bits per heavy atom. The smallest absolute Gasteiger partial charge is 0.271 e. The van der Waals surface area contributed by atoms with Gasteiger partial charge in [0.1, 0.15) is 19.0 Å². The van der Waals surface area contributed by atoms with Crippen LogP contribution >= 0.6 is 35.0 Å². The molecule has 0 spiro atoms. The van der Waals surface area contributed by atoms with Gasteiger partial charge in [0.25, 0.3) is 5.91 Å². The Morgan fingerprint density at radius 1 is 0.739 bits per heavy atom. The lowest BCUT2D eigenvalue weighted by Gasteiger charge is -2.15. The second kappa shape index (κ2) is 14.6. The van der Waals surface area contributed by atoms with Crippen molar-refractivity contribution in [1.29, 1.82) is 0 Å². The van der Waals surface area contributed by atoms with Crippen molar-refractivity contribution in [2.45, 2.75) is 13.2 Å². The van der Waals surface area contributed by atoms with Crippen LogP contribution in [0.1, 0.15) is 16.7 Å². The van der Waals surface area contributed by atoms with Crippen LogP contribution in [0.25, 0.3) is 6.08 Å². The summed E-state index contributed by atoms with van der Waals surface area (Å²) >= 11 is 13.5. The van der Waals surface area contributed by atoms with Gasteiger partial charge in [-0.15, -0.1) is 0 Å². The Morgan fingerprint density at radius 2 is 1.41 bits per heavy atom. The first-order chi connectivity index (χ1) is 22.4. The molecule has 1 heterocycles. The van der Waals surface area contributed by atoms with E-state index >= 15 is 0 Å². The number of amides is 1. The largest absolute Gasteiger partial charge is 0.493 e. The molecule has 0 atom stereocenters. The van der Waals surface area contributed by atoms with Crippen molar-refractivity contribution in [3.05, 3.63) is 153 Å². The van der Waals surface area contributed by atoms with E-state index in [1.54, 1.807) is 48.4 Å². The highest BCUT2D eigenvalue weighted by molar-refractivity contribution is 8.19. The summed E-state index contributed by atoms with van der Waals surface area (Å²) in [4.78, 5) is 20.5. The highest BCUT2D eigenvalue weighted by atomic mass is 35.5. The molecule has 0 unspecified atom stereocenters. The Hall–Kier alpha value is -4.69. The molecular formula is C37H28Cl2N2O4S. The van der Waals surface area contributed by atoms with E-state index in [1.165, 1.54) is 11.8 Å². The topological polar surface area (TPSA) is 60.4 Å². The number of hydrogen-bond acceptors (Lipinski definition) is 6. The summed E-state index contributed by atoms with van der Waals surface area (Å²) in [7, 11) is 1.62. The fraction of sp³-hybridized carbons (Fsp3) is 0.0811. The molecule has 1 amide bonds. The lowest BCUT2D eigenvalue weighted by molar-refractivity contribution is -0.113. The molecule has 0 N–H and O–H groups in total. The Kier molecular flexibility index (Phi) is 9.94. The molecule has 1 fully saturated rings. The van der Waals surface area contributed by atoms with E-state index < -0.39 is 0 Å². The van der Waals surface area contributed by atoms with E-state index in [1.807, 2.05) is 91.0 Å². The third kappa shape index (κ3) is 7.74. The molecule has 0 bridgehead atoms. The molecule has 5 aromatic carbocycles. The summed E-state index contributed by atoms with van der Waals surface area (Å²) < 4.78 is 17.6. The molecule has 1 aliphatic rings. The maximum atomic E-state index is 13.6. The number of ether oxygens (including phenoxy) is 3. The molecule has 46 heavy (non-hydrogen) atoms. The molecule has 9 heteroatoms. The lowest BCUT2D eigenvalue weighted by atomic mass is 10.2. The molecule has 6 rings (SSSR count). The molecule has 5 aromatic rings. The zero-order chi connectivity index (χ0) is 31.9. The van der Waals surface area contributed by atoms with Crippen molar-refractivity contribution in [1.82, 2.24) is 0 Å². The van der Waals surface area contributed by atoms with Crippen molar-refractivity contribution in [2.75, 3.05) is 12.0 Å². The first kappa shape index (κ1) is 31.3. The molecule has 0 radical (unpaired) electrons. The fourth-order valence-corrected chi connectivity index (χ4v) is 5.88. The van der Waals surface area contributed by atoms with Crippen LogP contribution in [0.5, 0.6) is 17.2 Å². The van der Waals surface area contributed by atoms with Gasteiger partial charge in [-0.25, -0.2) is 4.99 Å². The summed E-state index contributed by atoms with van der Waals surface area (Å²) in [5, 5.41) is 1.73. The zero-order valence-electron chi connectivity index (χ0n) is 24.7. The van der Waals surface area contributed by atoms with Gasteiger partial charge in [-0.1, -0.05) is 71.7 Å². The maximum Gasteiger partial charge on any atom is 0.271 e. The minimum Gasteiger partial charge on any atom is -0.493 e. The summed E-state index contributed by atoms with van der Waals surface area (Å²) in [6.07, 6.45) is 1.85. The molecule has 0 aromatic heterocycles. The number of rotatable bonds is 10. The molecule has 230 valence electrons.